The lowest BCUT2D eigenvalue weighted by Crippen LogP contribution is -2.46. The summed E-state index contributed by atoms with van der Waals surface area (Å²) in [5.74, 6) is -3.69. The Morgan fingerprint density at radius 1 is 1.17 bits per heavy atom. The Bertz CT molecular complexity index is 411. The lowest BCUT2D eigenvalue weighted by molar-refractivity contribution is -0.142. The molecule has 18 heavy (non-hydrogen) atoms. The van der Waals surface area contributed by atoms with Gasteiger partial charge in [0.1, 0.15) is 5.82 Å². The first-order chi connectivity index (χ1) is 8.52. The molecule has 4 heteroatoms. The molecule has 0 amide bonds. The van der Waals surface area contributed by atoms with Crippen LogP contribution in [0.2, 0.25) is 0 Å². The van der Waals surface area contributed by atoms with Crippen molar-refractivity contribution in [3.63, 3.8) is 0 Å². The van der Waals surface area contributed by atoms with Gasteiger partial charge in [-0.2, -0.15) is 0 Å². The van der Waals surface area contributed by atoms with Gasteiger partial charge in [0.15, 0.2) is 0 Å². The predicted octanol–water partition coefficient (Wildman–Crippen LogP) is 3.83. The maximum Gasteiger partial charge on any atom is 0.280 e. The summed E-state index contributed by atoms with van der Waals surface area (Å²) in [6.45, 7) is -0.0590. The van der Waals surface area contributed by atoms with Crippen LogP contribution in [0, 0.1) is 11.2 Å². The smallest absolute Gasteiger partial charge is 0.280 e. The first-order valence-corrected chi connectivity index (χ1v) is 6.36. The summed E-state index contributed by atoms with van der Waals surface area (Å²) in [7, 11) is 0. The van der Waals surface area contributed by atoms with E-state index >= 15 is 0 Å². The largest absolute Gasteiger partial charge is 0.330 e. The summed E-state index contributed by atoms with van der Waals surface area (Å²) in [4.78, 5) is 0. The Hall–Kier alpha value is -1.03. The number of halogens is 3. The number of alkyl halides is 2. The second-order valence-corrected chi connectivity index (χ2v) is 5.13. The lowest BCUT2D eigenvalue weighted by Gasteiger charge is -2.42. The van der Waals surface area contributed by atoms with Gasteiger partial charge in [0.2, 0.25) is 0 Å². The number of hydrogen-bond donors (Lipinski definition) is 1. The molecule has 0 saturated heterocycles. The van der Waals surface area contributed by atoms with Crippen molar-refractivity contribution in [3.05, 3.63) is 35.6 Å². The van der Waals surface area contributed by atoms with Crippen LogP contribution in [-0.4, -0.2) is 6.54 Å². The number of nitrogens with two attached hydrogens (primary N) is 1. The Morgan fingerprint density at radius 2 is 1.83 bits per heavy atom. The van der Waals surface area contributed by atoms with Gasteiger partial charge in [0.25, 0.3) is 5.92 Å². The molecule has 1 aliphatic carbocycles. The molecule has 1 aliphatic rings. The molecule has 0 spiro atoms. The first-order valence-electron chi connectivity index (χ1n) is 6.36. The van der Waals surface area contributed by atoms with Crippen molar-refractivity contribution in [2.45, 2.75) is 38.0 Å². The van der Waals surface area contributed by atoms with Crippen LogP contribution in [0.4, 0.5) is 13.2 Å². The van der Waals surface area contributed by atoms with Crippen LogP contribution in [0.3, 0.4) is 0 Å². The van der Waals surface area contributed by atoms with E-state index in [-0.39, 0.29) is 12.1 Å². The van der Waals surface area contributed by atoms with E-state index in [4.69, 9.17) is 5.73 Å². The van der Waals surface area contributed by atoms with Crippen molar-refractivity contribution >= 4 is 0 Å². The standard InChI is InChI=1S/C14H18F3N/c15-12-6-4-5-11(9-12)14(16,17)13(10-18)7-2-1-3-8-13/h4-6,9H,1-3,7-8,10,18H2. The minimum atomic E-state index is -3.07. The second-order valence-electron chi connectivity index (χ2n) is 5.13. The molecule has 1 nitrogen and oxygen atoms in total. The fourth-order valence-electron chi connectivity index (χ4n) is 2.86. The molecule has 100 valence electrons. The Labute approximate surface area is 105 Å². The molecule has 0 radical (unpaired) electrons. The van der Waals surface area contributed by atoms with Gasteiger partial charge in [-0.1, -0.05) is 31.4 Å². The van der Waals surface area contributed by atoms with E-state index < -0.39 is 17.2 Å². The highest BCUT2D eigenvalue weighted by molar-refractivity contribution is 5.24. The minimum Gasteiger partial charge on any atom is -0.330 e. The van der Waals surface area contributed by atoms with Crippen LogP contribution in [0.1, 0.15) is 37.7 Å². The van der Waals surface area contributed by atoms with E-state index in [1.807, 2.05) is 0 Å². The predicted molar refractivity (Wildman–Crippen MR) is 64.9 cm³/mol. The van der Waals surface area contributed by atoms with E-state index in [9.17, 15) is 13.2 Å². The maximum absolute atomic E-state index is 14.6. The van der Waals surface area contributed by atoms with E-state index in [1.54, 1.807) is 0 Å². The highest BCUT2D eigenvalue weighted by Crippen LogP contribution is 2.52. The highest BCUT2D eigenvalue weighted by Gasteiger charge is 2.53. The van der Waals surface area contributed by atoms with E-state index in [0.717, 1.165) is 25.3 Å². The van der Waals surface area contributed by atoms with Crippen molar-refractivity contribution in [2.75, 3.05) is 6.54 Å². The molecular weight excluding hydrogens is 239 g/mol. The van der Waals surface area contributed by atoms with Crippen molar-refractivity contribution in [3.8, 4) is 0 Å². The van der Waals surface area contributed by atoms with Gasteiger partial charge >= 0.3 is 0 Å². The monoisotopic (exact) mass is 257 g/mol. The normalized spacial score (nSPS) is 19.8. The molecule has 0 aromatic heterocycles. The summed E-state index contributed by atoms with van der Waals surface area (Å²) in [5, 5.41) is 0. The van der Waals surface area contributed by atoms with Crippen LogP contribution < -0.4 is 5.73 Å². The third-order valence-corrected chi connectivity index (χ3v) is 4.05. The van der Waals surface area contributed by atoms with Crippen molar-refractivity contribution in [1.82, 2.24) is 0 Å². The first kappa shape index (κ1) is 13.4. The molecule has 0 heterocycles. The summed E-state index contributed by atoms with van der Waals surface area (Å²) < 4.78 is 42.4. The van der Waals surface area contributed by atoms with Gasteiger partial charge < -0.3 is 5.73 Å². The van der Waals surface area contributed by atoms with Gasteiger partial charge in [-0.25, -0.2) is 13.2 Å². The van der Waals surface area contributed by atoms with Crippen molar-refractivity contribution in [1.29, 1.82) is 0 Å². The van der Waals surface area contributed by atoms with Crippen LogP contribution in [-0.2, 0) is 5.92 Å². The van der Waals surface area contributed by atoms with Gasteiger partial charge in [0.05, 0.1) is 5.41 Å². The molecule has 0 atom stereocenters. The van der Waals surface area contributed by atoms with Crippen molar-refractivity contribution < 1.29 is 13.2 Å². The molecule has 2 N–H and O–H groups in total. The molecule has 1 fully saturated rings. The quantitative estimate of drug-likeness (QED) is 0.875. The average Bonchev–Trinajstić information content (AvgIpc) is 2.39. The molecule has 0 aliphatic heterocycles. The Balaban J connectivity index is 2.38. The maximum atomic E-state index is 14.6. The lowest BCUT2D eigenvalue weighted by atomic mass is 9.68. The highest BCUT2D eigenvalue weighted by atomic mass is 19.3. The second kappa shape index (κ2) is 4.92. The molecule has 1 aromatic carbocycles. The van der Waals surface area contributed by atoms with Gasteiger partial charge in [-0.05, 0) is 25.0 Å². The molecule has 0 bridgehead atoms. The Kier molecular flexibility index (Phi) is 3.66. The fourth-order valence-corrected chi connectivity index (χ4v) is 2.86. The zero-order valence-corrected chi connectivity index (χ0v) is 10.3. The van der Waals surface area contributed by atoms with Crippen molar-refractivity contribution in [2.24, 2.45) is 11.1 Å². The van der Waals surface area contributed by atoms with E-state index in [0.29, 0.717) is 12.8 Å². The summed E-state index contributed by atoms with van der Waals surface area (Å²) in [6.07, 6.45) is 3.32. The topological polar surface area (TPSA) is 26.0 Å². The molecular formula is C14H18F3N. The molecule has 0 unspecified atom stereocenters. The number of benzene rings is 1. The third-order valence-electron chi connectivity index (χ3n) is 4.05. The number of hydrogen-bond acceptors (Lipinski definition) is 1. The van der Waals surface area contributed by atoms with Gasteiger partial charge in [0, 0.05) is 12.1 Å². The summed E-state index contributed by atoms with van der Waals surface area (Å²) in [6, 6.07) is 4.71. The average molecular weight is 257 g/mol. The third kappa shape index (κ3) is 2.14. The van der Waals surface area contributed by atoms with Crippen LogP contribution in [0.25, 0.3) is 0 Å². The molecule has 2 rings (SSSR count). The SMILES string of the molecule is NCC1(C(F)(F)c2cccc(F)c2)CCCCC1. The summed E-state index contributed by atoms with van der Waals surface area (Å²) in [5.41, 5.74) is 4.16. The van der Waals surface area contributed by atoms with E-state index in [2.05, 4.69) is 0 Å². The van der Waals surface area contributed by atoms with Crippen LogP contribution >= 0.6 is 0 Å². The van der Waals surface area contributed by atoms with E-state index in [1.165, 1.54) is 18.2 Å². The zero-order chi connectivity index (χ0) is 13.2. The van der Waals surface area contributed by atoms with Crippen LogP contribution in [0.5, 0.6) is 0 Å². The Morgan fingerprint density at radius 3 is 2.39 bits per heavy atom. The zero-order valence-electron chi connectivity index (χ0n) is 10.3. The van der Waals surface area contributed by atoms with Gasteiger partial charge in [-0.3, -0.25) is 0 Å². The van der Waals surface area contributed by atoms with Gasteiger partial charge in [-0.15, -0.1) is 0 Å². The molecule has 1 aromatic rings. The summed E-state index contributed by atoms with van der Waals surface area (Å²) >= 11 is 0. The number of rotatable bonds is 3. The fraction of sp³-hybridized carbons (Fsp3) is 0.571. The van der Waals surface area contributed by atoms with Crippen LogP contribution in [0.15, 0.2) is 24.3 Å². The minimum absolute atomic E-state index is 0.0590. The molecule has 1 saturated carbocycles.